The number of carbonyl (C=O) groups is 2. The van der Waals surface area contributed by atoms with Gasteiger partial charge in [0.1, 0.15) is 5.75 Å². The van der Waals surface area contributed by atoms with Crippen LogP contribution in [0.25, 0.3) is 0 Å². The normalized spacial score (nSPS) is 13.4. The highest BCUT2D eigenvalue weighted by Crippen LogP contribution is 2.38. The van der Waals surface area contributed by atoms with E-state index >= 15 is 0 Å². The van der Waals surface area contributed by atoms with Crippen molar-refractivity contribution in [3.05, 3.63) is 56.0 Å². The molecule has 25 heavy (non-hydrogen) atoms. The summed E-state index contributed by atoms with van der Waals surface area (Å²) in [6.45, 7) is 0.600. The van der Waals surface area contributed by atoms with Crippen LogP contribution in [0.2, 0.25) is 20.1 Å². The van der Waals surface area contributed by atoms with Gasteiger partial charge in [0.15, 0.2) is 0 Å². The van der Waals surface area contributed by atoms with E-state index in [-0.39, 0.29) is 17.1 Å². The van der Waals surface area contributed by atoms with Crippen LogP contribution in [0.1, 0.15) is 16.8 Å². The molecule has 8 heteroatoms. The van der Waals surface area contributed by atoms with Crippen LogP contribution in [0, 0.1) is 0 Å². The molecule has 0 aliphatic carbocycles. The summed E-state index contributed by atoms with van der Waals surface area (Å²) >= 11 is 23.9. The highest BCUT2D eigenvalue weighted by atomic mass is 35.5. The Kier molecular flexibility index (Phi) is 5.44. The summed E-state index contributed by atoms with van der Waals surface area (Å²) in [6.07, 6.45) is 0.488. The minimum atomic E-state index is -0.620. The van der Waals surface area contributed by atoms with Gasteiger partial charge in [-0.25, -0.2) is 0 Å². The molecule has 1 heterocycles. The molecule has 1 aliphatic rings. The highest BCUT2D eigenvalue weighted by molar-refractivity contribution is 6.54. The molecule has 0 aromatic heterocycles. The van der Waals surface area contributed by atoms with E-state index in [1.807, 2.05) is 0 Å². The molecule has 1 aliphatic heterocycles. The number of hydrogen-bond acceptors (Lipinski definition) is 3. The van der Waals surface area contributed by atoms with E-state index in [0.717, 1.165) is 0 Å². The molecule has 0 unspecified atom stereocenters. The van der Waals surface area contributed by atoms with Crippen molar-refractivity contribution in [3.63, 3.8) is 0 Å². The van der Waals surface area contributed by atoms with Crippen LogP contribution in [0.4, 0.5) is 5.69 Å². The lowest BCUT2D eigenvalue weighted by atomic mass is 10.1. The standard InChI is InChI=1S/C17H11Cl4NO3/c18-9-4-10(19)6-12(5-9)25-3-1-2-22-15-13(16(23)17(22)24)7-11(20)8-14(15)21/h4-8H,1-3H2. The summed E-state index contributed by atoms with van der Waals surface area (Å²) in [7, 11) is 0. The lowest BCUT2D eigenvalue weighted by Gasteiger charge is -2.18. The molecular formula is C17H11Cl4NO3. The van der Waals surface area contributed by atoms with Crippen molar-refractivity contribution in [1.29, 1.82) is 0 Å². The number of anilines is 1. The van der Waals surface area contributed by atoms with Crippen molar-refractivity contribution < 1.29 is 14.3 Å². The molecule has 2 aromatic carbocycles. The largest absolute Gasteiger partial charge is 0.493 e. The van der Waals surface area contributed by atoms with E-state index in [9.17, 15) is 9.59 Å². The molecule has 1 amide bonds. The fourth-order valence-corrected chi connectivity index (χ4v) is 3.69. The monoisotopic (exact) mass is 417 g/mol. The number of halogens is 4. The fraction of sp³-hybridized carbons (Fsp3) is 0.176. The molecule has 0 bridgehead atoms. The zero-order chi connectivity index (χ0) is 18.1. The number of hydrogen-bond donors (Lipinski definition) is 0. The van der Waals surface area contributed by atoms with E-state index in [1.54, 1.807) is 18.2 Å². The molecule has 130 valence electrons. The van der Waals surface area contributed by atoms with Crippen LogP contribution in [0.3, 0.4) is 0 Å². The van der Waals surface area contributed by atoms with Gasteiger partial charge in [-0.05, 0) is 36.8 Å². The molecule has 4 nitrogen and oxygen atoms in total. The van der Waals surface area contributed by atoms with Crippen molar-refractivity contribution in [2.45, 2.75) is 6.42 Å². The average molecular weight is 419 g/mol. The quantitative estimate of drug-likeness (QED) is 0.489. The van der Waals surface area contributed by atoms with Gasteiger partial charge in [-0.3, -0.25) is 9.59 Å². The van der Waals surface area contributed by atoms with Gasteiger partial charge in [-0.1, -0.05) is 46.4 Å². The number of rotatable bonds is 5. The first-order valence-electron chi connectivity index (χ1n) is 7.31. The molecule has 0 spiro atoms. The summed E-state index contributed by atoms with van der Waals surface area (Å²) < 4.78 is 5.58. The molecule has 0 radical (unpaired) electrons. The zero-order valence-corrected chi connectivity index (χ0v) is 15.7. The first kappa shape index (κ1) is 18.3. The topological polar surface area (TPSA) is 46.6 Å². The third-order valence-corrected chi connectivity index (χ3v) is 4.56. The predicted octanol–water partition coefficient (Wildman–Crippen LogP) is 5.30. The Morgan fingerprint density at radius 2 is 1.52 bits per heavy atom. The first-order chi connectivity index (χ1) is 11.9. The van der Waals surface area contributed by atoms with E-state index in [4.69, 9.17) is 51.1 Å². The molecule has 2 aromatic rings. The second-order valence-electron chi connectivity index (χ2n) is 5.38. The van der Waals surface area contributed by atoms with Gasteiger partial charge < -0.3 is 9.64 Å². The summed E-state index contributed by atoms with van der Waals surface area (Å²) in [4.78, 5) is 25.6. The number of amides is 1. The zero-order valence-electron chi connectivity index (χ0n) is 12.7. The maximum absolute atomic E-state index is 12.2. The van der Waals surface area contributed by atoms with Gasteiger partial charge in [-0.2, -0.15) is 0 Å². The van der Waals surface area contributed by atoms with Crippen molar-refractivity contribution >= 4 is 63.8 Å². The Morgan fingerprint density at radius 3 is 2.20 bits per heavy atom. The van der Waals surface area contributed by atoms with Crippen molar-refractivity contribution in [1.82, 2.24) is 0 Å². The Hall–Kier alpha value is -1.46. The third kappa shape index (κ3) is 3.87. The number of ketones is 1. The second kappa shape index (κ2) is 7.42. The molecule has 3 rings (SSSR count). The number of ether oxygens (including phenoxy) is 1. The molecule has 0 fully saturated rings. The third-order valence-electron chi connectivity index (χ3n) is 3.61. The molecule has 0 saturated heterocycles. The van der Waals surface area contributed by atoms with Crippen molar-refractivity contribution in [2.24, 2.45) is 0 Å². The van der Waals surface area contributed by atoms with Crippen LogP contribution in [-0.2, 0) is 4.79 Å². The molecule has 0 atom stereocenters. The minimum Gasteiger partial charge on any atom is -0.493 e. The maximum atomic E-state index is 12.2. The average Bonchev–Trinajstić information content (AvgIpc) is 2.75. The summed E-state index contributed by atoms with van der Waals surface area (Å²) in [6, 6.07) is 7.85. The molecular weight excluding hydrogens is 408 g/mol. The van der Waals surface area contributed by atoms with Crippen LogP contribution in [0.5, 0.6) is 5.75 Å². The number of benzene rings is 2. The smallest absolute Gasteiger partial charge is 0.299 e. The lowest BCUT2D eigenvalue weighted by Crippen LogP contribution is -2.31. The molecule has 0 N–H and O–H groups in total. The van der Waals surface area contributed by atoms with Gasteiger partial charge in [0.05, 0.1) is 22.9 Å². The predicted molar refractivity (Wildman–Crippen MR) is 99.7 cm³/mol. The Labute approximate surface area is 164 Å². The van der Waals surface area contributed by atoms with Gasteiger partial charge in [0.2, 0.25) is 0 Å². The summed E-state index contributed by atoms with van der Waals surface area (Å²) in [5.74, 6) is -0.696. The van der Waals surface area contributed by atoms with E-state index < -0.39 is 11.7 Å². The van der Waals surface area contributed by atoms with Gasteiger partial charge >= 0.3 is 0 Å². The Balaban J connectivity index is 1.66. The highest BCUT2D eigenvalue weighted by Gasteiger charge is 2.37. The van der Waals surface area contributed by atoms with Crippen LogP contribution >= 0.6 is 46.4 Å². The van der Waals surface area contributed by atoms with Crippen molar-refractivity contribution in [2.75, 3.05) is 18.1 Å². The van der Waals surface area contributed by atoms with E-state index in [1.165, 1.54) is 17.0 Å². The number of carbonyl (C=O) groups excluding carboxylic acids is 2. The van der Waals surface area contributed by atoms with Gasteiger partial charge in [0, 0.05) is 21.6 Å². The van der Waals surface area contributed by atoms with Gasteiger partial charge in [0.25, 0.3) is 11.7 Å². The number of fused-ring (bicyclic) bond motifs is 1. The summed E-state index contributed by atoms with van der Waals surface area (Å²) in [5.41, 5.74) is 0.622. The van der Waals surface area contributed by atoms with Gasteiger partial charge in [-0.15, -0.1) is 0 Å². The van der Waals surface area contributed by atoms with Crippen molar-refractivity contribution in [3.8, 4) is 5.75 Å². The number of nitrogens with zero attached hydrogens (tertiary/aromatic N) is 1. The van der Waals surface area contributed by atoms with Crippen LogP contribution in [-0.4, -0.2) is 24.8 Å². The minimum absolute atomic E-state index is 0.227. The molecule has 0 saturated carbocycles. The second-order valence-corrected chi connectivity index (χ2v) is 7.09. The van der Waals surface area contributed by atoms with Crippen LogP contribution < -0.4 is 9.64 Å². The Bertz CT molecular complexity index is 849. The summed E-state index contributed by atoms with van der Waals surface area (Å²) in [5, 5.41) is 1.53. The SMILES string of the molecule is O=C1C(=O)N(CCCOc2cc(Cl)cc(Cl)c2)c2c(Cl)cc(Cl)cc21. The first-order valence-corrected chi connectivity index (χ1v) is 8.82. The van der Waals surface area contributed by atoms with Crippen LogP contribution in [0.15, 0.2) is 30.3 Å². The Morgan fingerprint density at radius 1 is 0.880 bits per heavy atom. The lowest BCUT2D eigenvalue weighted by molar-refractivity contribution is -0.114. The fourth-order valence-electron chi connectivity index (χ4n) is 2.59. The van der Waals surface area contributed by atoms with E-state index in [0.29, 0.717) is 39.5 Å². The maximum Gasteiger partial charge on any atom is 0.299 e. The number of Topliss-reactive ketones (excluding diaryl/α,β-unsaturated/α-hetero) is 1. The van der Waals surface area contributed by atoms with E-state index in [2.05, 4.69) is 0 Å².